The van der Waals surface area contributed by atoms with Crippen LogP contribution in [0.15, 0.2) is 89.8 Å². The fraction of sp³-hybridized carbons (Fsp3) is 0.0690. The van der Waals surface area contributed by atoms with Crippen molar-refractivity contribution in [2.24, 2.45) is 0 Å². The summed E-state index contributed by atoms with van der Waals surface area (Å²) in [6.07, 6.45) is -2.73. The van der Waals surface area contributed by atoms with E-state index in [1.807, 2.05) is 0 Å². The number of carbonyl (C=O) groups excluding carboxylic acids is 1. The molecule has 0 aliphatic heterocycles. The predicted octanol–water partition coefficient (Wildman–Crippen LogP) is 7.07. The topological polar surface area (TPSA) is 72.5 Å². The summed E-state index contributed by atoms with van der Waals surface area (Å²) in [6, 6.07) is 19.3. The fourth-order valence-corrected chi connectivity index (χ4v) is 4.97. The van der Waals surface area contributed by atoms with Gasteiger partial charge in [-0.05, 0) is 60.2 Å². The van der Waals surface area contributed by atoms with Crippen molar-refractivity contribution in [3.05, 3.63) is 118 Å². The van der Waals surface area contributed by atoms with Crippen LogP contribution in [0.25, 0.3) is 11.1 Å². The lowest BCUT2D eigenvalue weighted by atomic mass is 10.0. The van der Waals surface area contributed by atoms with Gasteiger partial charge in [0.25, 0.3) is 16.4 Å². The van der Waals surface area contributed by atoms with Crippen LogP contribution in [0.4, 0.5) is 18.9 Å². The second-order valence-electron chi connectivity index (χ2n) is 8.18. The van der Waals surface area contributed by atoms with Gasteiger partial charge >= 0.3 is 5.97 Å². The molecule has 1 N–H and O–H groups in total. The molecule has 0 unspecified atom stereocenters. The van der Waals surface area contributed by atoms with Gasteiger partial charge in [0.2, 0.25) is 0 Å². The van der Waals surface area contributed by atoms with E-state index in [9.17, 15) is 26.4 Å². The molecule has 0 heterocycles. The Kier molecular flexibility index (Phi) is 8.29. The monoisotopic (exact) mass is 569 g/mol. The van der Waals surface area contributed by atoms with E-state index < -0.39 is 28.2 Å². The molecule has 0 aromatic heterocycles. The van der Waals surface area contributed by atoms with Crippen molar-refractivity contribution in [3.8, 4) is 23.0 Å². The maximum Gasteiger partial charge on any atom is 0.337 e. The van der Waals surface area contributed by atoms with E-state index in [4.69, 9.17) is 16.3 Å². The number of carbonyl (C=O) groups is 1. The van der Waals surface area contributed by atoms with Gasteiger partial charge in [-0.1, -0.05) is 53.8 Å². The van der Waals surface area contributed by atoms with Crippen LogP contribution >= 0.6 is 11.6 Å². The average Bonchev–Trinajstić information content (AvgIpc) is 2.92. The Bertz CT molecular complexity index is 1710. The molecule has 0 spiro atoms. The molecule has 0 bridgehead atoms. The van der Waals surface area contributed by atoms with Crippen molar-refractivity contribution in [1.29, 1.82) is 0 Å². The highest BCUT2D eigenvalue weighted by Crippen LogP contribution is 2.30. The summed E-state index contributed by atoms with van der Waals surface area (Å²) in [5.74, 6) is 4.52. The molecular weight excluding hydrogens is 551 g/mol. The van der Waals surface area contributed by atoms with Gasteiger partial charge in [0.05, 0.1) is 28.8 Å². The number of halogens is 4. The summed E-state index contributed by atoms with van der Waals surface area (Å²) in [6.45, 7) is 0. The van der Waals surface area contributed by atoms with Crippen LogP contribution < -0.4 is 4.72 Å². The SMILES string of the molecule is COC(=O)c1ccc(-c2cccc(C#Cc3cc(F)ccc3NS(=O)(=O)c3ccc(C(F)F)cc3)c2)c(Cl)c1. The molecule has 0 atom stereocenters. The molecule has 0 saturated heterocycles. The lowest BCUT2D eigenvalue weighted by Crippen LogP contribution is -2.14. The number of benzene rings is 4. The van der Waals surface area contributed by atoms with Gasteiger partial charge in [-0.3, -0.25) is 4.72 Å². The summed E-state index contributed by atoms with van der Waals surface area (Å²) in [7, 11) is -2.89. The Hall–Kier alpha value is -4.26. The first-order chi connectivity index (χ1) is 18.6. The first-order valence-electron chi connectivity index (χ1n) is 11.3. The Morgan fingerprint density at radius 2 is 1.69 bits per heavy atom. The molecule has 0 fully saturated rings. The van der Waals surface area contributed by atoms with Gasteiger partial charge in [-0.2, -0.15) is 0 Å². The molecular formula is C29H19ClF3NO4S. The highest BCUT2D eigenvalue weighted by atomic mass is 35.5. The molecule has 198 valence electrons. The lowest BCUT2D eigenvalue weighted by Gasteiger charge is -2.11. The first kappa shape index (κ1) is 27.8. The Balaban J connectivity index is 1.63. The van der Waals surface area contributed by atoms with E-state index in [2.05, 4.69) is 16.6 Å². The molecule has 0 amide bonds. The van der Waals surface area contributed by atoms with Crippen LogP contribution in [0.2, 0.25) is 5.02 Å². The number of anilines is 1. The van der Waals surface area contributed by atoms with E-state index in [-0.39, 0.29) is 21.7 Å². The van der Waals surface area contributed by atoms with Crippen LogP contribution in [-0.2, 0) is 14.8 Å². The van der Waals surface area contributed by atoms with Crippen LogP contribution in [0.5, 0.6) is 0 Å². The summed E-state index contributed by atoms with van der Waals surface area (Å²) in [4.78, 5) is 11.5. The van der Waals surface area contributed by atoms with Crippen molar-refractivity contribution in [2.75, 3.05) is 11.8 Å². The van der Waals surface area contributed by atoms with Crippen LogP contribution in [0, 0.1) is 17.7 Å². The zero-order chi connectivity index (χ0) is 28.2. The molecule has 0 aliphatic rings. The minimum Gasteiger partial charge on any atom is -0.465 e. The number of nitrogens with one attached hydrogen (secondary N) is 1. The first-order valence-corrected chi connectivity index (χ1v) is 13.1. The summed E-state index contributed by atoms with van der Waals surface area (Å²) in [5, 5.41) is 0.325. The zero-order valence-electron chi connectivity index (χ0n) is 20.2. The van der Waals surface area contributed by atoms with Crippen LogP contribution in [0.3, 0.4) is 0 Å². The largest absolute Gasteiger partial charge is 0.465 e. The molecule has 0 saturated carbocycles. The van der Waals surface area contributed by atoms with Gasteiger partial charge in [0.1, 0.15) is 5.82 Å². The second kappa shape index (κ2) is 11.6. The number of methoxy groups -OCH3 is 1. The number of rotatable bonds is 6. The van der Waals surface area contributed by atoms with Gasteiger partial charge in [-0.25, -0.2) is 26.4 Å². The predicted molar refractivity (Wildman–Crippen MR) is 143 cm³/mol. The Labute approximate surface area is 228 Å². The quantitative estimate of drug-likeness (QED) is 0.199. The summed E-state index contributed by atoms with van der Waals surface area (Å²) < 4.78 is 72.4. The summed E-state index contributed by atoms with van der Waals surface area (Å²) in [5.41, 5.74) is 1.94. The Morgan fingerprint density at radius 1 is 0.949 bits per heavy atom. The number of hydrogen-bond donors (Lipinski definition) is 1. The highest BCUT2D eigenvalue weighted by Gasteiger charge is 2.17. The molecule has 4 aromatic rings. The third-order valence-corrected chi connectivity index (χ3v) is 7.27. The van der Waals surface area contributed by atoms with Crippen LogP contribution in [0.1, 0.15) is 33.5 Å². The normalized spacial score (nSPS) is 11.0. The second-order valence-corrected chi connectivity index (χ2v) is 10.3. The molecule has 4 rings (SSSR count). The number of esters is 1. The molecule has 4 aromatic carbocycles. The van der Waals surface area contributed by atoms with E-state index >= 15 is 0 Å². The number of hydrogen-bond acceptors (Lipinski definition) is 4. The van der Waals surface area contributed by atoms with E-state index in [1.54, 1.807) is 36.4 Å². The number of sulfonamides is 1. The number of alkyl halides is 2. The van der Waals surface area contributed by atoms with E-state index in [1.165, 1.54) is 19.2 Å². The van der Waals surface area contributed by atoms with E-state index in [0.717, 1.165) is 36.4 Å². The van der Waals surface area contributed by atoms with Gasteiger partial charge in [0.15, 0.2) is 0 Å². The van der Waals surface area contributed by atoms with Gasteiger partial charge in [0, 0.05) is 21.7 Å². The van der Waals surface area contributed by atoms with Crippen molar-refractivity contribution in [2.45, 2.75) is 11.3 Å². The molecule has 10 heteroatoms. The standard InChI is InChI=1S/C29H19ClF3NO4S/c1-38-29(35)22-9-13-25(26(30)17-22)20-4-2-3-18(15-20)5-6-21-16-23(31)10-14-27(21)34-39(36,37)24-11-7-19(8-12-24)28(32)33/h2-4,7-17,28,34H,1H3. The minimum absolute atomic E-state index is 0.0134. The summed E-state index contributed by atoms with van der Waals surface area (Å²) >= 11 is 6.38. The maximum atomic E-state index is 14.0. The average molecular weight is 570 g/mol. The van der Waals surface area contributed by atoms with Crippen molar-refractivity contribution in [1.82, 2.24) is 0 Å². The highest BCUT2D eigenvalue weighted by molar-refractivity contribution is 7.92. The minimum atomic E-state index is -4.17. The van der Waals surface area contributed by atoms with Crippen molar-refractivity contribution < 1.29 is 31.1 Å². The zero-order valence-corrected chi connectivity index (χ0v) is 21.8. The van der Waals surface area contributed by atoms with Crippen molar-refractivity contribution >= 4 is 33.3 Å². The molecule has 0 radical (unpaired) electrons. The fourth-order valence-electron chi connectivity index (χ4n) is 3.60. The molecule has 5 nitrogen and oxygen atoms in total. The van der Waals surface area contributed by atoms with Gasteiger partial charge < -0.3 is 4.74 Å². The lowest BCUT2D eigenvalue weighted by molar-refractivity contribution is 0.0600. The third-order valence-electron chi connectivity index (χ3n) is 5.57. The molecule has 39 heavy (non-hydrogen) atoms. The third kappa shape index (κ3) is 6.60. The number of ether oxygens (including phenoxy) is 1. The smallest absolute Gasteiger partial charge is 0.337 e. The van der Waals surface area contributed by atoms with Crippen molar-refractivity contribution in [3.63, 3.8) is 0 Å². The maximum absolute atomic E-state index is 14.0. The molecule has 0 aliphatic carbocycles. The van der Waals surface area contributed by atoms with E-state index in [0.29, 0.717) is 27.3 Å². The Morgan fingerprint density at radius 3 is 2.36 bits per heavy atom. The van der Waals surface area contributed by atoms with Gasteiger partial charge in [-0.15, -0.1) is 0 Å². The van der Waals surface area contributed by atoms with Crippen LogP contribution in [-0.4, -0.2) is 21.5 Å².